The number of hydrogen-bond donors (Lipinski definition) is 1. The standard InChI is InChI=1S/C12H18ClN5O2/c1-2-20-12-16-10(13)15-11(17-12)18-5-3-8(4-6-18)7-9(14)19/h8H,2-7H2,1H3,(H2,14,19). The Hall–Kier alpha value is -1.63. The van der Waals surface area contributed by atoms with Crippen molar-refractivity contribution in [1.82, 2.24) is 15.0 Å². The summed E-state index contributed by atoms with van der Waals surface area (Å²) in [5.41, 5.74) is 5.22. The van der Waals surface area contributed by atoms with E-state index in [-0.39, 0.29) is 17.2 Å². The summed E-state index contributed by atoms with van der Waals surface area (Å²) >= 11 is 5.87. The SMILES string of the molecule is CCOc1nc(Cl)nc(N2CCC(CC(N)=O)CC2)n1. The third kappa shape index (κ3) is 3.93. The van der Waals surface area contributed by atoms with Gasteiger partial charge in [0.25, 0.3) is 0 Å². The average Bonchev–Trinajstić information content (AvgIpc) is 2.38. The minimum absolute atomic E-state index is 0.123. The van der Waals surface area contributed by atoms with Crippen LogP contribution in [0.5, 0.6) is 6.01 Å². The van der Waals surface area contributed by atoms with Crippen molar-refractivity contribution in [3.05, 3.63) is 5.28 Å². The van der Waals surface area contributed by atoms with Gasteiger partial charge >= 0.3 is 6.01 Å². The van der Waals surface area contributed by atoms with Crippen LogP contribution in [0.3, 0.4) is 0 Å². The third-order valence-electron chi connectivity index (χ3n) is 3.24. The first-order valence-corrected chi connectivity index (χ1v) is 7.04. The average molecular weight is 300 g/mol. The quantitative estimate of drug-likeness (QED) is 0.872. The molecule has 1 aromatic heterocycles. The molecule has 0 aliphatic carbocycles. The molecule has 8 heteroatoms. The lowest BCUT2D eigenvalue weighted by Crippen LogP contribution is -2.36. The lowest BCUT2D eigenvalue weighted by atomic mass is 9.93. The summed E-state index contributed by atoms with van der Waals surface area (Å²) in [6.07, 6.45) is 2.21. The molecular weight excluding hydrogens is 282 g/mol. The molecule has 2 rings (SSSR count). The molecule has 1 aliphatic rings. The number of nitrogens with two attached hydrogens (primary N) is 1. The van der Waals surface area contributed by atoms with Crippen molar-refractivity contribution < 1.29 is 9.53 Å². The molecule has 2 N–H and O–H groups in total. The highest BCUT2D eigenvalue weighted by Gasteiger charge is 2.23. The number of primary amides is 1. The Morgan fingerprint density at radius 3 is 2.70 bits per heavy atom. The monoisotopic (exact) mass is 299 g/mol. The predicted molar refractivity (Wildman–Crippen MR) is 74.8 cm³/mol. The van der Waals surface area contributed by atoms with E-state index in [0.29, 0.717) is 24.9 Å². The van der Waals surface area contributed by atoms with Crippen LogP contribution in [0.1, 0.15) is 26.2 Å². The molecule has 1 amide bonds. The third-order valence-corrected chi connectivity index (χ3v) is 3.41. The molecule has 1 aromatic rings. The Kier molecular flexibility index (Phi) is 4.94. The van der Waals surface area contributed by atoms with Gasteiger partial charge in [0, 0.05) is 19.5 Å². The van der Waals surface area contributed by atoms with Crippen molar-refractivity contribution in [2.75, 3.05) is 24.6 Å². The summed E-state index contributed by atoms with van der Waals surface area (Å²) in [6.45, 7) is 3.86. The maximum atomic E-state index is 10.9. The zero-order valence-corrected chi connectivity index (χ0v) is 12.1. The van der Waals surface area contributed by atoms with Crippen LogP contribution >= 0.6 is 11.6 Å². The first-order valence-electron chi connectivity index (χ1n) is 6.66. The van der Waals surface area contributed by atoms with Gasteiger partial charge in [-0.1, -0.05) is 0 Å². The summed E-state index contributed by atoms with van der Waals surface area (Å²) in [7, 11) is 0. The van der Waals surface area contributed by atoms with Gasteiger partial charge in [-0.3, -0.25) is 4.79 Å². The molecule has 1 fully saturated rings. The molecule has 110 valence electrons. The van der Waals surface area contributed by atoms with Crippen LogP contribution in [-0.2, 0) is 4.79 Å². The van der Waals surface area contributed by atoms with Crippen molar-refractivity contribution >= 4 is 23.5 Å². The molecule has 20 heavy (non-hydrogen) atoms. The van der Waals surface area contributed by atoms with Crippen LogP contribution < -0.4 is 15.4 Å². The number of carbonyl (C=O) groups excluding carboxylic acids is 1. The van der Waals surface area contributed by atoms with E-state index in [0.717, 1.165) is 25.9 Å². The largest absolute Gasteiger partial charge is 0.464 e. The molecule has 0 saturated carbocycles. The van der Waals surface area contributed by atoms with E-state index >= 15 is 0 Å². The zero-order chi connectivity index (χ0) is 14.5. The Morgan fingerprint density at radius 2 is 2.10 bits per heavy atom. The molecule has 0 unspecified atom stereocenters. The normalized spacial score (nSPS) is 16.2. The first-order chi connectivity index (χ1) is 9.58. The summed E-state index contributed by atoms with van der Waals surface area (Å²) < 4.78 is 5.26. The Balaban J connectivity index is 2.01. The highest BCUT2D eigenvalue weighted by atomic mass is 35.5. The van der Waals surface area contributed by atoms with E-state index in [2.05, 4.69) is 15.0 Å². The van der Waals surface area contributed by atoms with Crippen LogP contribution in [0, 0.1) is 5.92 Å². The van der Waals surface area contributed by atoms with Gasteiger partial charge in [0.1, 0.15) is 0 Å². The maximum absolute atomic E-state index is 10.9. The molecule has 1 aliphatic heterocycles. The minimum atomic E-state index is -0.245. The number of aromatic nitrogens is 3. The number of amides is 1. The fourth-order valence-corrected chi connectivity index (χ4v) is 2.43. The Labute approximate surface area is 122 Å². The second-order valence-corrected chi connectivity index (χ2v) is 5.06. The van der Waals surface area contributed by atoms with E-state index in [1.165, 1.54) is 0 Å². The van der Waals surface area contributed by atoms with Crippen LogP contribution in [0.15, 0.2) is 0 Å². The number of hydrogen-bond acceptors (Lipinski definition) is 6. The molecule has 0 radical (unpaired) electrons. The van der Waals surface area contributed by atoms with Gasteiger partial charge in [-0.25, -0.2) is 0 Å². The number of ether oxygens (including phenoxy) is 1. The highest BCUT2D eigenvalue weighted by molar-refractivity contribution is 6.28. The summed E-state index contributed by atoms with van der Waals surface area (Å²) in [5.74, 6) is 0.615. The van der Waals surface area contributed by atoms with Gasteiger partial charge in [-0.05, 0) is 37.3 Å². The van der Waals surface area contributed by atoms with Crippen LogP contribution in [0.2, 0.25) is 5.28 Å². The van der Waals surface area contributed by atoms with E-state index in [1.54, 1.807) is 0 Å². The first kappa shape index (κ1) is 14.8. The molecule has 1 saturated heterocycles. The lowest BCUT2D eigenvalue weighted by molar-refractivity contribution is -0.119. The van der Waals surface area contributed by atoms with Crippen LogP contribution in [0.4, 0.5) is 5.95 Å². The van der Waals surface area contributed by atoms with Crippen LogP contribution in [0.25, 0.3) is 0 Å². The van der Waals surface area contributed by atoms with Crippen molar-refractivity contribution in [2.45, 2.75) is 26.2 Å². The van der Waals surface area contributed by atoms with Crippen LogP contribution in [-0.4, -0.2) is 40.6 Å². The minimum Gasteiger partial charge on any atom is -0.464 e. The molecule has 2 heterocycles. The number of piperidine rings is 1. The van der Waals surface area contributed by atoms with Crippen molar-refractivity contribution in [3.8, 4) is 6.01 Å². The molecule has 0 bridgehead atoms. The van der Waals surface area contributed by atoms with Gasteiger partial charge < -0.3 is 15.4 Å². The van der Waals surface area contributed by atoms with E-state index in [9.17, 15) is 4.79 Å². The Bertz CT molecular complexity index is 477. The Morgan fingerprint density at radius 1 is 1.40 bits per heavy atom. The molecular formula is C12H18ClN5O2. The highest BCUT2D eigenvalue weighted by Crippen LogP contribution is 2.24. The second kappa shape index (κ2) is 6.69. The van der Waals surface area contributed by atoms with E-state index in [1.807, 2.05) is 11.8 Å². The number of carbonyl (C=O) groups is 1. The fraction of sp³-hybridized carbons (Fsp3) is 0.667. The second-order valence-electron chi connectivity index (χ2n) is 4.72. The van der Waals surface area contributed by atoms with Gasteiger partial charge in [-0.2, -0.15) is 15.0 Å². The molecule has 0 aromatic carbocycles. The fourth-order valence-electron chi connectivity index (χ4n) is 2.28. The van der Waals surface area contributed by atoms with Crippen molar-refractivity contribution in [2.24, 2.45) is 11.7 Å². The van der Waals surface area contributed by atoms with Gasteiger partial charge in [0.2, 0.25) is 17.1 Å². The van der Waals surface area contributed by atoms with E-state index < -0.39 is 0 Å². The van der Waals surface area contributed by atoms with Gasteiger partial charge in [-0.15, -0.1) is 0 Å². The summed E-state index contributed by atoms with van der Waals surface area (Å²) in [4.78, 5) is 25.2. The molecule has 7 nitrogen and oxygen atoms in total. The summed E-state index contributed by atoms with van der Waals surface area (Å²) in [6, 6.07) is 0.238. The van der Waals surface area contributed by atoms with Crippen molar-refractivity contribution in [3.63, 3.8) is 0 Å². The number of rotatable bonds is 5. The lowest BCUT2D eigenvalue weighted by Gasteiger charge is -2.31. The van der Waals surface area contributed by atoms with Gasteiger partial charge in [0.15, 0.2) is 0 Å². The number of anilines is 1. The zero-order valence-electron chi connectivity index (χ0n) is 11.4. The van der Waals surface area contributed by atoms with Crippen molar-refractivity contribution in [1.29, 1.82) is 0 Å². The smallest absolute Gasteiger partial charge is 0.322 e. The topological polar surface area (TPSA) is 94.2 Å². The number of nitrogens with zero attached hydrogens (tertiary/aromatic N) is 4. The van der Waals surface area contributed by atoms with Gasteiger partial charge in [0.05, 0.1) is 6.61 Å². The molecule has 0 spiro atoms. The number of halogens is 1. The maximum Gasteiger partial charge on any atom is 0.322 e. The van der Waals surface area contributed by atoms with E-state index in [4.69, 9.17) is 22.1 Å². The molecule has 0 atom stereocenters. The summed E-state index contributed by atoms with van der Waals surface area (Å²) in [5, 5.41) is 0.123. The predicted octanol–water partition coefficient (Wildman–Crippen LogP) is 1.02.